The summed E-state index contributed by atoms with van der Waals surface area (Å²) in [6, 6.07) is 7.88. The maximum Gasteiger partial charge on any atom is 0.119 e. The van der Waals surface area contributed by atoms with Gasteiger partial charge in [0.25, 0.3) is 0 Å². The van der Waals surface area contributed by atoms with Crippen LogP contribution >= 0.6 is 0 Å². The summed E-state index contributed by atoms with van der Waals surface area (Å²) >= 11 is 0. The van der Waals surface area contributed by atoms with Crippen LogP contribution in [0.4, 0.5) is 0 Å². The SMILES string of the molecule is COCCNCc1cnn(-c2ccc(OC)cc2)c1C. The topological polar surface area (TPSA) is 48.3 Å². The smallest absolute Gasteiger partial charge is 0.119 e. The first kappa shape index (κ1) is 14.6. The molecule has 0 saturated heterocycles. The first-order valence-electron chi connectivity index (χ1n) is 6.64. The van der Waals surface area contributed by atoms with Gasteiger partial charge in [0.05, 0.1) is 25.6 Å². The van der Waals surface area contributed by atoms with Crippen molar-refractivity contribution in [2.24, 2.45) is 0 Å². The third-order valence-electron chi connectivity index (χ3n) is 3.23. The van der Waals surface area contributed by atoms with E-state index >= 15 is 0 Å². The molecule has 5 heteroatoms. The van der Waals surface area contributed by atoms with Gasteiger partial charge >= 0.3 is 0 Å². The van der Waals surface area contributed by atoms with Crippen LogP contribution in [0.1, 0.15) is 11.3 Å². The normalized spacial score (nSPS) is 10.8. The van der Waals surface area contributed by atoms with Crippen molar-refractivity contribution in [1.29, 1.82) is 0 Å². The van der Waals surface area contributed by atoms with Gasteiger partial charge in [-0.2, -0.15) is 5.10 Å². The summed E-state index contributed by atoms with van der Waals surface area (Å²) in [7, 11) is 3.37. The fourth-order valence-corrected chi connectivity index (χ4v) is 2.00. The lowest BCUT2D eigenvalue weighted by atomic mass is 10.2. The van der Waals surface area contributed by atoms with Gasteiger partial charge in [-0.15, -0.1) is 0 Å². The highest BCUT2D eigenvalue weighted by molar-refractivity contribution is 5.39. The van der Waals surface area contributed by atoms with E-state index in [1.54, 1.807) is 14.2 Å². The summed E-state index contributed by atoms with van der Waals surface area (Å²) in [5, 5.41) is 7.77. The van der Waals surface area contributed by atoms with Gasteiger partial charge in [0.15, 0.2) is 0 Å². The Morgan fingerprint density at radius 1 is 1.20 bits per heavy atom. The minimum atomic E-state index is 0.714. The Morgan fingerprint density at radius 2 is 1.95 bits per heavy atom. The van der Waals surface area contributed by atoms with E-state index in [0.29, 0.717) is 6.61 Å². The van der Waals surface area contributed by atoms with Crippen molar-refractivity contribution in [2.45, 2.75) is 13.5 Å². The van der Waals surface area contributed by atoms with E-state index in [1.807, 2.05) is 35.1 Å². The minimum absolute atomic E-state index is 0.714. The summed E-state index contributed by atoms with van der Waals surface area (Å²) in [6.45, 7) is 4.42. The molecule has 1 aromatic carbocycles. The maximum absolute atomic E-state index is 5.17. The van der Waals surface area contributed by atoms with Crippen molar-refractivity contribution < 1.29 is 9.47 Å². The number of nitrogens with one attached hydrogen (secondary N) is 1. The van der Waals surface area contributed by atoms with Crippen LogP contribution in [0.25, 0.3) is 5.69 Å². The van der Waals surface area contributed by atoms with Gasteiger partial charge in [0, 0.05) is 31.5 Å². The van der Waals surface area contributed by atoms with Crippen molar-refractivity contribution in [3.63, 3.8) is 0 Å². The van der Waals surface area contributed by atoms with Crippen LogP contribution in [0.2, 0.25) is 0 Å². The van der Waals surface area contributed by atoms with Gasteiger partial charge in [0.1, 0.15) is 5.75 Å². The highest BCUT2D eigenvalue weighted by Crippen LogP contribution is 2.17. The van der Waals surface area contributed by atoms with E-state index in [0.717, 1.165) is 30.2 Å². The molecule has 1 aromatic heterocycles. The molecule has 20 heavy (non-hydrogen) atoms. The Bertz CT molecular complexity index is 535. The van der Waals surface area contributed by atoms with Gasteiger partial charge in [-0.25, -0.2) is 4.68 Å². The van der Waals surface area contributed by atoms with E-state index in [1.165, 1.54) is 5.56 Å². The van der Waals surface area contributed by atoms with E-state index < -0.39 is 0 Å². The third-order valence-corrected chi connectivity index (χ3v) is 3.23. The van der Waals surface area contributed by atoms with Gasteiger partial charge in [-0.05, 0) is 31.2 Å². The first-order chi connectivity index (χ1) is 9.76. The Balaban J connectivity index is 2.07. The molecule has 0 saturated carbocycles. The molecule has 1 N–H and O–H groups in total. The second kappa shape index (κ2) is 7.07. The second-order valence-corrected chi connectivity index (χ2v) is 4.53. The van der Waals surface area contributed by atoms with Crippen LogP contribution in [0.5, 0.6) is 5.75 Å². The predicted molar refractivity (Wildman–Crippen MR) is 78.4 cm³/mol. The zero-order chi connectivity index (χ0) is 14.4. The zero-order valence-corrected chi connectivity index (χ0v) is 12.2. The van der Waals surface area contributed by atoms with Crippen LogP contribution in [-0.4, -0.2) is 37.2 Å². The Hall–Kier alpha value is -1.85. The molecule has 0 fully saturated rings. The highest BCUT2D eigenvalue weighted by atomic mass is 16.5. The lowest BCUT2D eigenvalue weighted by Gasteiger charge is -2.07. The number of rotatable bonds is 7. The molecule has 0 aliphatic rings. The molecule has 0 amide bonds. The first-order valence-corrected chi connectivity index (χ1v) is 6.64. The molecule has 0 radical (unpaired) electrons. The van der Waals surface area contributed by atoms with E-state index in [9.17, 15) is 0 Å². The minimum Gasteiger partial charge on any atom is -0.497 e. The van der Waals surface area contributed by atoms with E-state index in [-0.39, 0.29) is 0 Å². The summed E-state index contributed by atoms with van der Waals surface area (Å²) in [5.74, 6) is 0.847. The molecule has 1 heterocycles. The number of ether oxygens (including phenoxy) is 2. The van der Waals surface area contributed by atoms with Gasteiger partial charge in [0.2, 0.25) is 0 Å². The third kappa shape index (κ3) is 3.37. The van der Waals surface area contributed by atoms with Crippen LogP contribution < -0.4 is 10.1 Å². The Kier molecular flexibility index (Phi) is 5.15. The summed E-state index contributed by atoms with van der Waals surface area (Å²) in [4.78, 5) is 0. The van der Waals surface area contributed by atoms with Gasteiger partial charge < -0.3 is 14.8 Å². The molecule has 0 atom stereocenters. The van der Waals surface area contributed by atoms with Gasteiger partial charge in [-0.3, -0.25) is 0 Å². The number of methoxy groups -OCH3 is 2. The number of benzene rings is 1. The number of hydrogen-bond donors (Lipinski definition) is 1. The molecule has 0 spiro atoms. The standard InChI is InChI=1S/C15H21N3O2/c1-12-13(10-16-8-9-19-2)11-17-18(12)14-4-6-15(20-3)7-5-14/h4-7,11,16H,8-10H2,1-3H3. The molecule has 108 valence electrons. The molecule has 2 aromatic rings. The van der Waals surface area contributed by atoms with Crippen molar-refractivity contribution in [3.05, 3.63) is 41.7 Å². The van der Waals surface area contributed by atoms with Crippen LogP contribution in [0.15, 0.2) is 30.5 Å². The average molecular weight is 275 g/mol. The van der Waals surface area contributed by atoms with Crippen LogP contribution in [-0.2, 0) is 11.3 Å². The largest absolute Gasteiger partial charge is 0.497 e. The average Bonchev–Trinajstić information content (AvgIpc) is 2.85. The lowest BCUT2D eigenvalue weighted by molar-refractivity contribution is 0.199. The fraction of sp³-hybridized carbons (Fsp3) is 0.400. The number of aromatic nitrogens is 2. The molecular formula is C15H21N3O2. The quantitative estimate of drug-likeness (QED) is 0.784. The van der Waals surface area contributed by atoms with E-state index in [2.05, 4.69) is 17.3 Å². The van der Waals surface area contributed by atoms with E-state index in [4.69, 9.17) is 9.47 Å². The van der Waals surface area contributed by atoms with Crippen molar-refractivity contribution >= 4 is 0 Å². The lowest BCUT2D eigenvalue weighted by Crippen LogP contribution is -2.18. The second-order valence-electron chi connectivity index (χ2n) is 4.53. The molecule has 5 nitrogen and oxygen atoms in total. The summed E-state index contributed by atoms with van der Waals surface area (Å²) in [6.07, 6.45) is 1.90. The predicted octanol–water partition coefficient (Wildman–Crippen LogP) is 1.93. The van der Waals surface area contributed by atoms with Crippen LogP contribution in [0, 0.1) is 6.92 Å². The molecular weight excluding hydrogens is 254 g/mol. The summed E-state index contributed by atoms with van der Waals surface area (Å²) in [5.41, 5.74) is 3.36. The molecule has 0 bridgehead atoms. The number of hydrogen-bond acceptors (Lipinski definition) is 4. The van der Waals surface area contributed by atoms with Gasteiger partial charge in [-0.1, -0.05) is 0 Å². The molecule has 0 aliphatic heterocycles. The fourth-order valence-electron chi connectivity index (χ4n) is 2.00. The van der Waals surface area contributed by atoms with Crippen molar-refractivity contribution in [1.82, 2.24) is 15.1 Å². The van der Waals surface area contributed by atoms with Crippen LogP contribution in [0.3, 0.4) is 0 Å². The maximum atomic E-state index is 5.17. The summed E-state index contributed by atoms with van der Waals surface area (Å²) < 4.78 is 12.1. The highest BCUT2D eigenvalue weighted by Gasteiger charge is 2.07. The molecule has 0 aliphatic carbocycles. The molecule has 0 unspecified atom stereocenters. The monoisotopic (exact) mass is 275 g/mol. The van der Waals surface area contributed by atoms with Crippen molar-refractivity contribution in [3.8, 4) is 11.4 Å². The number of nitrogens with zero attached hydrogens (tertiary/aromatic N) is 2. The van der Waals surface area contributed by atoms with Crippen molar-refractivity contribution in [2.75, 3.05) is 27.4 Å². The Labute approximate surface area is 119 Å². The zero-order valence-electron chi connectivity index (χ0n) is 12.2. The Morgan fingerprint density at radius 3 is 2.60 bits per heavy atom. The molecule has 2 rings (SSSR count).